The number of aldehydes is 1. The maximum atomic E-state index is 13.0. The maximum Gasteiger partial charge on any atom is 0.166 e. The van der Waals surface area contributed by atoms with Crippen molar-refractivity contribution in [2.75, 3.05) is 0 Å². The zero-order valence-electron chi connectivity index (χ0n) is 7.65. The van der Waals surface area contributed by atoms with Crippen LogP contribution in [0, 0.1) is 5.82 Å². The van der Waals surface area contributed by atoms with E-state index >= 15 is 0 Å². The Balaban J connectivity index is 2.54. The third-order valence-electron chi connectivity index (χ3n) is 2.08. The first-order valence-electron chi connectivity index (χ1n) is 4.30. The van der Waals surface area contributed by atoms with Gasteiger partial charge >= 0.3 is 0 Å². The fourth-order valence-electron chi connectivity index (χ4n) is 1.36. The summed E-state index contributed by atoms with van der Waals surface area (Å²) in [5, 5.41) is 0. The molecule has 1 aromatic carbocycles. The molecule has 76 valence electrons. The van der Waals surface area contributed by atoms with Gasteiger partial charge in [0.1, 0.15) is 5.82 Å². The highest BCUT2D eigenvalue weighted by molar-refractivity contribution is 9.10. The van der Waals surface area contributed by atoms with Gasteiger partial charge in [-0.3, -0.25) is 4.79 Å². The topological polar surface area (TPSA) is 22.0 Å². The van der Waals surface area contributed by atoms with E-state index in [9.17, 15) is 9.18 Å². The third kappa shape index (κ3) is 1.85. The number of hydrogen-bond donors (Lipinski definition) is 0. The molecule has 0 aliphatic heterocycles. The lowest BCUT2D eigenvalue weighted by Crippen LogP contribution is -1.97. The summed E-state index contributed by atoms with van der Waals surface area (Å²) in [6.45, 7) is 0. The molecule has 1 heterocycles. The van der Waals surface area contributed by atoms with Crippen molar-refractivity contribution in [3.05, 3.63) is 52.5 Å². The molecule has 0 saturated heterocycles. The van der Waals surface area contributed by atoms with Gasteiger partial charge in [0, 0.05) is 11.9 Å². The number of halogens is 2. The molecule has 2 aromatic rings. The standard InChI is InChI=1S/C11H7BrFNO/c12-10-6-8(3-4-11(10)13)14-5-1-2-9(14)7-15/h1-7H. The Kier molecular flexibility index (Phi) is 2.68. The molecule has 0 amide bonds. The van der Waals surface area contributed by atoms with E-state index in [-0.39, 0.29) is 5.82 Å². The molecule has 15 heavy (non-hydrogen) atoms. The molecule has 1 aromatic heterocycles. The van der Waals surface area contributed by atoms with Gasteiger partial charge in [0.2, 0.25) is 0 Å². The minimum absolute atomic E-state index is 0.321. The van der Waals surface area contributed by atoms with Crippen LogP contribution in [0.5, 0.6) is 0 Å². The second-order valence-corrected chi connectivity index (χ2v) is 3.87. The minimum Gasteiger partial charge on any atom is -0.314 e. The molecular weight excluding hydrogens is 261 g/mol. The summed E-state index contributed by atoms with van der Waals surface area (Å²) in [4.78, 5) is 10.7. The Morgan fingerprint density at radius 2 is 2.13 bits per heavy atom. The van der Waals surface area contributed by atoms with E-state index in [1.807, 2.05) is 0 Å². The SMILES string of the molecule is O=Cc1cccn1-c1ccc(F)c(Br)c1. The van der Waals surface area contributed by atoms with Crippen molar-refractivity contribution in [1.82, 2.24) is 4.57 Å². The average Bonchev–Trinajstić information content (AvgIpc) is 2.70. The number of aromatic nitrogens is 1. The molecule has 0 unspecified atom stereocenters. The quantitative estimate of drug-likeness (QED) is 0.766. The van der Waals surface area contributed by atoms with Crippen molar-refractivity contribution >= 4 is 22.2 Å². The second-order valence-electron chi connectivity index (χ2n) is 3.02. The Morgan fingerprint density at radius 3 is 2.80 bits per heavy atom. The van der Waals surface area contributed by atoms with Gasteiger partial charge in [-0.25, -0.2) is 4.39 Å². The monoisotopic (exact) mass is 267 g/mol. The van der Waals surface area contributed by atoms with Gasteiger partial charge < -0.3 is 4.57 Å². The Bertz CT molecular complexity index is 507. The van der Waals surface area contributed by atoms with E-state index in [0.717, 1.165) is 12.0 Å². The van der Waals surface area contributed by atoms with Crippen molar-refractivity contribution in [2.24, 2.45) is 0 Å². The number of carbonyl (C=O) groups excluding carboxylic acids is 1. The molecule has 0 aliphatic carbocycles. The normalized spacial score (nSPS) is 10.3. The van der Waals surface area contributed by atoms with Gasteiger partial charge in [-0.1, -0.05) is 0 Å². The first kappa shape index (κ1) is 10.1. The average molecular weight is 268 g/mol. The van der Waals surface area contributed by atoms with E-state index in [1.165, 1.54) is 6.07 Å². The Hall–Kier alpha value is -1.42. The van der Waals surface area contributed by atoms with Crippen LogP contribution in [-0.2, 0) is 0 Å². The molecule has 0 aliphatic rings. The van der Waals surface area contributed by atoms with Crippen LogP contribution >= 0.6 is 15.9 Å². The molecule has 0 bridgehead atoms. The van der Waals surface area contributed by atoms with Gasteiger partial charge in [0.05, 0.1) is 10.2 Å². The number of nitrogens with zero attached hydrogens (tertiary/aromatic N) is 1. The highest BCUT2D eigenvalue weighted by Gasteiger charge is 2.04. The molecule has 2 rings (SSSR count). The first-order valence-corrected chi connectivity index (χ1v) is 5.09. The van der Waals surface area contributed by atoms with Crippen LogP contribution in [0.3, 0.4) is 0 Å². The summed E-state index contributed by atoms with van der Waals surface area (Å²) in [7, 11) is 0. The summed E-state index contributed by atoms with van der Waals surface area (Å²) in [6.07, 6.45) is 2.51. The number of benzene rings is 1. The molecule has 0 fully saturated rings. The number of carbonyl (C=O) groups is 1. The van der Waals surface area contributed by atoms with Crippen LogP contribution in [-0.4, -0.2) is 10.9 Å². The first-order chi connectivity index (χ1) is 7.22. The molecule has 4 heteroatoms. The Labute approximate surface area is 94.5 Å². The summed E-state index contributed by atoms with van der Waals surface area (Å²) >= 11 is 3.10. The smallest absolute Gasteiger partial charge is 0.166 e. The van der Waals surface area contributed by atoms with Gasteiger partial charge in [0.25, 0.3) is 0 Å². The largest absolute Gasteiger partial charge is 0.314 e. The summed E-state index contributed by atoms with van der Waals surface area (Å²) in [5.74, 6) is -0.321. The van der Waals surface area contributed by atoms with Crippen LogP contribution in [0.15, 0.2) is 41.0 Å². The maximum absolute atomic E-state index is 13.0. The van der Waals surface area contributed by atoms with E-state index < -0.39 is 0 Å². The molecule has 0 saturated carbocycles. The van der Waals surface area contributed by atoms with E-state index in [0.29, 0.717) is 10.2 Å². The molecule has 0 spiro atoms. The number of rotatable bonds is 2. The lowest BCUT2D eigenvalue weighted by Gasteiger charge is -2.05. The highest BCUT2D eigenvalue weighted by atomic mass is 79.9. The molecule has 0 atom stereocenters. The fraction of sp³-hybridized carbons (Fsp3) is 0. The van der Waals surface area contributed by atoms with Crippen LogP contribution in [0.25, 0.3) is 5.69 Å². The molecular formula is C11H7BrFNO. The summed E-state index contributed by atoms with van der Waals surface area (Å²) in [6, 6.07) is 8.06. The fourth-order valence-corrected chi connectivity index (χ4v) is 1.73. The van der Waals surface area contributed by atoms with Crippen LogP contribution in [0.2, 0.25) is 0 Å². The van der Waals surface area contributed by atoms with Crippen LogP contribution in [0.4, 0.5) is 4.39 Å². The predicted octanol–water partition coefficient (Wildman–Crippen LogP) is 3.19. The predicted molar refractivity (Wildman–Crippen MR) is 58.8 cm³/mol. The van der Waals surface area contributed by atoms with Crippen molar-refractivity contribution in [1.29, 1.82) is 0 Å². The van der Waals surface area contributed by atoms with E-state index in [2.05, 4.69) is 15.9 Å². The van der Waals surface area contributed by atoms with Crippen molar-refractivity contribution in [3.8, 4) is 5.69 Å². The zero-order chi connectivity index (χ0) is 10.8. The lowest BCUT2D eigenvalue weighted by molar-refractivity contribution is 0.111. The number of hydrogen-bond acceptors (Lipinski definition) is 1. The van der Waals surface area contributed by atoms with Crippen molar-refractivity contribution in [3.63, 3.8) is 0 Å². The summed E-state index contributed by atoms with van der Waals surface area (Å²) in [5.41, 5.74) is 1.28. The van der Waals surface area contributed by atoms with Crippen molar-refractivity contribution < 1.29 is 9.18 Å². The van der Waals surface area contributed by atoms with Gasteiger partial charge in [-0.05, 0) is 46.3 Å². The van der Waals surface area contributed by atoms with Gasteiger partial charge in [-0.2, -0.15) is 0 Å². The molecule has 0 radical (unpaired) electrons. The Morgan fingerprint density at radius 1 is 1.33 bits per heavy atom. The van der Waals surface area contributed by atoms with Gasteiger partial charge in [-0.15, -0.1) is 0 Å². The second kappa shape index (κ2) is 3.98. The zero-order valence-corrected chi connectivity index (χ0v) is 9.24. The molecule has 0 N–H and O–H groups in total. The molecule has 2 nitrogen and oxygen atoms in total. The van der Waals surface area contributed by atoms with Crippen LogP contribution < -0.4 is 0 Å². The third-order valence-corrected chi connectivity index (χ3v) is 2.69. The lowest BCUT2D eigenvalue weighted by atomic mass is 10.3. The van der Waals surface area contributed by atoms with Gasteiger partial charge in [0.15, 0.2) is 6.29 Å². The van der Waals surface area contributed by atoms with E-state index in [4.69, 9.17) is 0 Å². The van der Waals surface area contributed by atoms with E-state index in [1.54, 1.807) is 35.0 Å². The van der Waals surface area contributed by atoms with Crippen molar-refractivity contribution in [2.45, 2.75) is 0 Å². The minimum atomic E-state index is -0.321. The highest BCUT2D eigenvalue weighted by Crippen LogP contribution is 2.20. The van der Waals surface area contributed by atoms with Crippen LogP contribution in [0.1, 0.15) is 10.5 Å². The summed E-state index contributed by atoms with van der Waals surface area (Å²) < 4.78 is 15.1.